The highest BCUT2D eigenvalue weighted by atomic mass is 32.2. The van der Waals surface area contributed by atoms with E-state index < -0.39 is 11.9 Å². The van der Waals surface area contributed by atoms with E-state index in [2.05, 4.69) is 21.3 Å². The molecular formula is C20H31N5O6S2. The summed E-state index contributed by atoms with van der Waals surface area (Å²) in [5.41, 5.74) is 2.00. The summed E-state index contributed by atoms with van der Waals surface area (Å²) < 4.78 is 0. The monoisotopic (exact) mass is 501 g/mol. The number of unbranched alkanes of at least 4 members (excludes halogenated alkanes) is 2. The summed E-state index contributed by atoms with van der Waals surface area (Å²) in [6.45, 7) is 0. The topological polar surface area (TPSA) is 147 Å². The van der Waals surface area contributed by atoms with Crippen LogP contribution in [0.3, 0.4) is 0 Å². The largest absolute Gasteiger partial charge is 0.336 e. The Labute approximate surface area is 200 Å². The van der Waals surface area contributed by atoms with Gasteiger partial charge in [-0.2, -0.15) is 23.5 Å². The number of nitrogens with one attached hydrogen (secondary N) is 5. The number of carbonyl (C=O) groups excluding carboxylic acids is 4. The number of rotatable bonds is 12. The van der Waals surface area contributed by atoms with Gasteiger partial charge in [-0.05, 0) is 25.7 Å². The molecule has 4 fully saturated rings. The van der Waals surface area contributed by atoms with Crippen LogP contribution in [0.1, 0.15) is 51.4 Å². The smallest absolute Gasteiger partial charge is 0.328 e. The normalized spacial score (nSPS) is 31.8. The number of carbonyl (C=O) groups is 4. The fourth-order valence-corrected chi connectivity index (χ4v) is 7.82. The van der Waals surface area contributed by atoms with Crippen molar-refractivity contribution in [3.63, 3.8) is 0 Å². The van der Waals surface area contributed by atoms with Crippen LogP contribution in [-0.2, 0) is 19.3 Å². The predicted octanol–water partition coefficient (Wildman–Crippen LogP) is 0.944. The number of amides is 4. The molecule has 6 atom stereocenters. The van der Waals surface area contributed by atoms with Gasteiger partial charge in [-0.1, -0.05) is 12.8 Å². The maximum atomic E-state index is 11.8. The van der Waals surface area contributed by atoms with E-state index >= 15 is 0 Å². The van der Waals surface area contributed by atoms with Gasteiger partial charge in [0.2, 0.25) is 0 Å². The molecule has 0 aromatic rings. The van der Waals surface area contributed by atoms with E-state index in [-0.39, 0.29) is 49.1 Å². The maximum Gasteiger partial charge on any atom is 0.328 e. The van der Waals surface area contributed by atoms with Gasteiger partial charge in [0, 0.05) is 40.5 Å². The first kappa shape index (κ1) is 24.3. The van der Waals surface area contributed by atoms with Crippen molar-refractivity contribution < 1.29 is 28.9 Å². The molecule has 0 unspecified atom stereocenters. The van der Waals surface area contributed by atoms with E-state index in [0.29, 0.717) is 23.3 Å². The molecule has 0 aliphatic carbocycles. The average Bonchev–Trinajstić information content (AvgIpc) is 3.51. The zero-order valence-electron chi connectivity index (χ0n) is 18.3. The van der Waals surface area contributed by atoms with Crippen LogP contribution in [0.2, 0.25) is 0 Å². The number of thioether (sulfide) groups is 2. The molecular weight excluding hydrogens is 470 g/mol. The second kappa shape index (κ2) is 11.5. The van der Waals surface area contributed by atoms with Gasteiger partial charge in [-0.25, -0.2) is 9.59 Å². The van der Waals surface area contributed by atoms with Crippen LogP contribution in [0.5, 0.6) is 0 Å². The van der Waals surface area contributed by atoms with Gasteiger partial charge in [-0.15, -0.1) is 0 Å². The molecule has 4 saturated heterocycles. The molecule has 4 amide bonds. The Bertz CT molecular complexity index is 698. The van der Waals surface area contributed by atoms with E-state index in [4.69, 9.17) is 9.68 Å². The molecule has 5 N–H and O–H groups in total. The molecule has 13 heteroatoms. The molecule has 0 spiro atoms. The van der Waals surface area contributed by atoms with Crippen LogP contribution in [0, 0.1) is 0 Å². The van der Waals surface area contributed by atoms with Crippen LogP contribution < -0.4 is 26.9 Å². The summed E-state index contributed by atoms with van der Waals surface area (Å²) in [7, 11) is 0. The Morgan fingerprint density at radius 1 is 0.758 bits per heavy atom. The zero-order valence-corrected chi connectivity index (χ0v) is 19.9. The number of fused-ring (bicyclic) bond motifs is 2. The molecule has 11 nitrogen and oxygen atoms in total. The molecule has 0 aromatic heterocycles. The van der Waals surface area contributed by atoms with E-state index in [1.165, 1.54) is 0 Å². The molecule has 0 bridgehead atoms. The van der Waals surface area contributed by atoms with Crippen molar-refractivity contribution in [2.45, 2.75) is 86.0 Å². The molecule has 184 valence electrons. The van der Waals surface area contributed by atoms with Gasteiger partial charge in [-0.3, -0.25) is 9.59 Å². The van der Waals surface area contributed by atoms with E-state index in [0.717, 1.165) is 37.2 Å². The second-order valence-electron chi connectivity index (χ2n) is 8.77. The van der Waals surface area contributed by atoms with Crippen molar-refractivity contribution in [2.24, 2.45) is 0 Å². The van der Waals surface area contributed by atoms with Gasteiger partial charge >= 0.3 is 24.0 Å². The van der Waals surface area contributed by atoms with Crippen molar-refractivity contribution in [1.29, 1.82) is 0 Å². The first-order valence-corrected chi connectivity index (χ1v) is 13.6. The first-order chi connectivity index (χ1) is 16.0. The van der Waals surface area contributed by atoms with Gasteiger partial charge in [0.05, 0.1) is 24.2 Å². The first-order valence-electron chi connectivity index (χ1n) is 11.5. The fraction of sp³-hybridized carbons (Fsp3) is 0.800. The lowest BCUT2D eigenvalue weighted by atomic mass is 10.0. The SMILES string of the molecule is O=C1N[C@H]2[C@H](CS[C@H]2CCCCC(=O)ONOC(=O)CCCC[C@@H]2SC[C@@H]3NC(=O)N[C@@H]32)N1. The summed E-state index contributed by atoms with van der Waals surface area (Å²) in [6, 6.07) is 0.564. The molecule has 0 saturated carbocycles. The minimum Gasteiger partial charge on any atom is -0.336 e. The Kier molecular flexibility index (Phi) is 8.47. The van der Waals surface area contributed by atoms with Crippen LogP contribution in [0.15, 0.2) is 0 Å². The highest BCUT2D eigenvalue weighted by Crippen LogP contribution is 2.34. The van der Waals surface area contributed by atoms with Crippen molar-refractivity contribution in [1.82, 2.24) is 26.9 Å². The van der Waals surface area contributed by atoms with Crippen LogP contribution in [0.25, 0.3) is 0 Å². The third-order valence-corrected chi connectivity index (χ3v) is 9.44. The Morgan fingerprint density at radius 2 is 1.21 bits per heavy atom. The highest BCUT2D eigenvalue weighted by molar-refractivity contribution is 8.00. The molecule has 4 rings (SSSR count). The van der Waals surface area contributed by atoms with Crippen molar-refractivity contribution in [2.75, 3.05) is 11.5 Å². The molecule has 0 radical (unpaired) electrons. The highest BCUT2D eigenvalue weighted by Gasteiger charge is 2.43. The summed E-state index contributed by atoms with van der Waals surface area (Å²) >= 11 is 3.70. The van der Waals surface area contributed by atoms with Crippen LogP contribution in [0.4, 0.5) is 9.59 Å². The van der Waals surface area contributed by atoms with E-state index in [1.807, 2.05) is 29.2 Å². The molecule has 4 aliphatic rings. The lowest BCUT2D eigenvalue weighted by Gasteiger charge is -2.16. The second-order valence-corrected chi connectivity index (χ2v) is 11.3. The Hall–Kier alpha value is -1.86. The minimum atomic E-state index is -0.476. The lowest BCUT2D eigenvalue weighted by molar-refractivity contribution is -0.198. The Morgan fingerprint density at radius 3 is 1.67 bits per heavy atom. The third kappa shape index (κ3) is 6.60. The Balaban J connectivity index is 0.976. The number of urea groups is 2. The van der Waals surface area contributed by atoms with Crippen LogP contribution >= 0.6 is 23.5 Å². The van der Waals surface area contributed by atoms with Crippen molar-refractivity contribution in [3.05, 3.63) is 0 Å². The molecule has 0 aromatic carbocycles. The number of hydrogen-bond acceptors (Lipinski definition) is 9. The van der Waals surface area contributed by atoms with E-state index in [1.54, 1.807) is 0 Å². The average molecular weight is 502 g/mol. The quantitative estimate of drug-likeness (QED) is 0.150. The fourth-order valence-electron chi connectivity index (χ4n) is 4.73. The standard InChI is InChI=1S/C20H31N5O6S2/c26-15(7-3-1-5-13-17-11(9-32-13)21-19(28)23-17)30-25-31-16(27)8-4-2-6-14-18-12(10-33-14)22-20(29)24-18/h11-14,17-18,25H,1-10H2,(H2,21,23,28)(H2,22,24,29)/t11-,12-,13-,14-,17-,18-/m0/s1. The van der Waals surface area contributed by atoms with E-state index in [9.17, 15) is 19.2 Å². The lowest BCUT2D eigenvalue weighted by Crippen LogP contribution is -2.36. The van der Waals surface area contributed by atoms with Gasteiger partial charge in [0.1, 0.15) is 0 Å². The summed E-state index contributed by atoms with van der Waals surface area (Å²) in [5.74, 6) is 0.884. The predicted molar refractivity (Wildman–Crippen MR) is 123 cm³/mol. The van der Waals surface area contributed by atoms with Gasteiger partial charge in [0.15, 0.2) is 0 Å². The van der Waals surface area contributed by atoms with Crippen molar-refractivity contribution in [3.8, 4) is 0 Å². The maximum absolute atomic E-state index is 11.8. The van der Waals surface area contributed by atoms with Gasteiger partial charge in [0.25, 0.3) is 0 Å². The van der Waals surface area contributed by atoms with Crippen LogP contribution in [-0.4, -0.2) is 70.2 Å². The third-order valence-electron chi connectivity index (χ3n) is 6.43. The molecule has 33 heavy (non-hydrogen) atoms. The number of hydrogen-bond donors (Lipinski definition) is 5. The summed E-state index contributed by atoms with van der Waals surface area (Å²) in [5, 5.41) is 12.5. The van der Waals surface area contributed by atoms with Gasteiger partial charge < -0.3 is 30.9 Å². The molecule has 4 aliphatic heterocycles. The zero-order chi connectivity index (χ0) is 23.2. The summed E-state index contributed by atoms with van der Waals surface area (Å²) in [4.78, 5) is 55.9. The van der Waals surface area contributed by atoms with Crippen molar-refractivity contribution >= 4 is 47.5 Å². The summed E-state index contributed by atoms with van der Waals surface area (Å²) in [6.07, 6.45) is 5.35. The molecule has 4 heterocycles. The minimum absolute atomic E-state index is 0.0953.